The van der Waals surface area contributed by atoms with Gasteiger partial charge in [-0.1, -0.05) is 12.8 Å². The number of rotatable bonds is 4. The quantitative estimate of drug-likeness (QED) is 0.865. The molecule has 4 rings (SSSR count). The molecule has 2 aliphatic rings. The highest BCUT2D eigenvalue weighted by atomic mass is 16.4. The molecule has 0 bridgehead atoms. The van der Waals surface area contributed by atoms with E-state index in [1.54, 1.807) is 35.5 Å². The number of hydrogen-bond acceptors (Lipinski definition) is 5. The largest absolute Gasteiger partial charge is 0.481 e. The Morgan fingerprint density at radius 3 is 2.58 bits per heavy atom. The number of nitrogens with zero attached hydrogens (tertiary/aromatic N) is 3. The number of benzene rings is 1. The summed E-state index contributed by atoms with van der Waals surface area (Å²) < 4.78 is 0. The van der Waals surface area contributed by atoms with E-state index in [-0.39, 0.29) is 18.9 Å². The fraction of sp³-hybridized carbons (Fsp3) is 0.474. The summed E-state index contributed by atoms with van der Waals surface area (Å²) in [7, 11) is 0. The molecule has 1 saturated carbocycles. The second kappa shape index (κ2) is 6.32. The first-order valence-electron chi connectivity index (χ1n) is 8.91. The molecule has 1 amide bonds. The minimum absolute atomic E-state index is 0.0390. The van der Waals surface area contributed by atoms with Gasteiger partial charge in [-0.2, -0.15) is 0 Å². The maximum Gasteiger partial charge on any atom is 0.314 e. The first kappa shape index (κ1) is 16.9. The van der Waals surface area contributed by atoms with Crippen molar-refractivity contribution in [3.05, 3.63) is 36.2 Å². The summed E-state index contributed by atoms with van der Waals surface area (Å²) in [5.41, 5.74) is 0.510. The summed E-state index contributed by atoms with van der Waals surface area (Å²) in [6.45, 7) is 0.384. The van der Waals surface area contributed by atoms with Gasteiger partial charge >= 0.3 is 5.97 Å². The number of hydrogen-bond donors (Lipinski definition) is 2. The molecule has 1 aromatic heterocycles. The van der Waals surface area contributed by atoms with Crippen molar-refractivity contribution >= 4 is 22.9 Å². The fourth-order valence-corrected chi connectivity index (χ4v) is 3.87. The third-order valence-corrected chi connectivity index (χ3v) is 5.56. The van der Waals surface area contributed by atoms with Crippen LogP contribution < -0.4 is 0 Å². The van der Waals surface area contributed by atoms with Gasteiger partial charge in [0.1, 0.15) is 5.41 Å². The van der Waals surface area contributed by atoms with Gasteiger partial charge in [0.05, 0.1) is 17.1 Å². The third-order valence-electron chi connectivity index (χ3n) is 5.56. The van der Waals surface area contributed by atoms with Crippen LogP contribution in [0.2, 0.25) is 0 Å². The highest BCUT2D eigenvalue weighted by molar-refractivity contribution is 5.97. The predicted octanol–water partition coefficient (Wildman–Crippen LogP) is 1.71. The van der Waals surface area contributed by atoms with Crippen LogP contribution in [0.25, 0.3) is 11.0 Å². The van der Waals surface area contributed by atoms with Gasteiger partial charge in [0, 0.05) is 31.0 Å². The van der Waals surface area contributed by atoms with E-state index in [1.165, 1.54) is 0 Å². The number of aliphatic hydroxyl groups excluding tert-OH is 1. The van der Waals surface area contributed by atoms with Crippen LogP contribution in [0.5, 0.6) is 0 Å². The molecule has 2 heterocycles. The molecule has 0 radical (unpaired) electrons. The van der Waals surface area contributed by atoms with Gasteiger partial charge in [0.2, 0.25) is 0 Å². The Hall–Kier alpha value is -2.54. The van der Waals surface area contributed by atoms with Gasteiger partial charge < -0.3 is 15.1 Å². The molecule has 136 valence electrons. The van der Waals surface area contributed by atoms with Gasteiger partial charge in [0.15, 0.2) is 0 Å². The third kappa shape index (κ3) is 2.92. The molecule has 0 spiro atoms. The van der Waals surface area contributed by atoms with Crippen LogP contribution in [0.3, 0.4) is 0 Å². The van der Waals surface area contributed by atoms with Crippen molar-refractivity contribution in [2.45, 2.75) is 31.8 Å². The number of carbonyl (C=O) groups is 2. The van der Waals surface area contributed by atoms with Crippen LogP contribution in [0, 0.1) is 11.3 Å². The molecule has 2 atom stereocenters. The van der Waals surface area contributed by atoms with Gasteiger partial charge in [0.25, 0.3) is 5.91 Å². The van der Waals surface area contributed by atoms with Crippen LogP contribution in [0.4, 0.5) is 0 Å². The van der Waals surface area contributed by atoms with Crippen molar-refractivity contribution in [2.75, 3.05) is 13.1 Å². The van der Waals surface area contributed by atoms with E-state index in [4.69, 9.17) is 0 Å². The lowest BCUT2D eigenvalue weighted by Gasteiger charge is -2.43. The van der Waals surface area contributed by atoms with E-state index >= 15 is 0 Å². The molecule has 7 nitrogen and oxygen atoms in total. The number of aliphatic carboxylic acids is 1. The molecule has 1 aromatic carbocycles. The van der Waals surface area contributed by atoms with Crippen LogP contribution in [0.15, 0.2) is 30.6 Å². The van der Waals surface area contributed by atoms with E-state index in [1.807, 2.05) is 0 Å². The number of likely N-dealkylation sites (tertiary alicyclic amines) is 1. The summed E-state index contributed by atoms with van der Waals surface area (Å²) in [4.78, 5) is 34.9. The lowest BCUT2D eigenvalue weighted by atomic mass is 9.73. The summed E-state index contributed by atoms with van der Waals surface area (Å²) in [5, 5.41) is 20.3. The molecule has 1 aliphatic heterocycles. The molecule has 2 N–H and O–H groups in total. The molecule has 0 unspecified atom stereocenters. The SMILES string of the molecule is O=C(c1ccc2nccnc2c1)N1CC[C@@H](O)[C@](CC2CC2)(C(=O)O)C1. The van der Waals surface area contributed by atoms with Crippen LogP contribution in [-0.2, 0) is 4.79 Å². The average Bonchev–Trinajstić information content (AvgIpc) is 3.46. The van der Waals surface area contributed by atoms with E-state index in [9.17, 15) is 19.8 Å². The zero-order valence-electron chi connectivity index (χ0n) is 14.3. The lowest BCUT2D eigenvalue weighted by molar-refractivity contribution is -0.163. The zero-order valence-corrected chi connectivity index (χ0v) is 14.3. The Balaban J connectivity index is 1.61. The van der Waals surface area contributed by atoms with E-state index in [0.29, 0.717) is 35.5 Å². The minimum atomic E-state index is -1.27. The van der Waals surface area contributed by atoms with Gasteiger partial charge in [-0.25, -0.2) is 0 Å². The second-order valence-electron chi connectivity index (χ2n) is 7.40. The summed E-state index contributed by atoms with van der Waals surface area (Å²) in [5.74, 6) is -0.906. The first-order chi connectivity index (χ1) is 12.5. The Labute approximate surface area is 150 Å². The van der Waals surface area contributed by atoms with Crippen LogP contribution in [0.1, 0.15) is 36.0 Å². The Morgan fingerprint density at radius 2 is 1.88 bits per heavy atom. The van der Waals surface area contributed by atoms with E-state index in [0.717, 1.165) is 12.8 Å². The first-order valence-corrected chi connectivity index (χ1v) is 8.91. The second-order valence-corrected chi connectivity index (χ2v) is 7.40. The number of carboxylic acids is 1. The molecule has 26 heavy (non-hydrogen) atoms. The smallest absolute Gasteiger partial charge is 0.314 e. The van der Waals surface area contributed by atoms with Gasteiger partial charge in [-0.15, -0.1) is 0 Å². The van der Waals surface area contributed by atoms with Crippen LogP contribution in [-0.4, -0.2) is 56.2 Å². The van der Waals surface area contributed by atoms with Crippen molar-refractivity contribution < 1.29 is 19.8 Å². The van der Waals surface area contributed by atoms with Crippen molar-refractivity contribution in [1.82, 2.24) is 14.9 Å². The predicted molar refractivity (Wildman–Crippen MR) is 93.5 cm³/mol. The molecular formula is C19H21N3O4. The summed E-state index contributed by atoms with van der Waals surface area (Å²) in [6.07, 6.45) is 4.94. The van der Waals surface area contributed by atoms with Gasteiger partial charge in [-0.3, -0.25) is 19.6 Å². The van der Waals surface area contributed by atoms with Crippen LogP contribution >= 0.6 is 0 Å². The number of piperidine rings is 1. The topological polar surface area (TPSA) is 104 Å². The highest BCUT2D eigenvalue weighted by Crippen LogP contribution is 2.45. The Morgan fingerprint density at radius 1 is 1.15 bits per heavy atom. The van der Waals surface area contributed by atoms with Gasteiger partial charge in [-0.05, 0) is 37.0 Å². The number of aromatic nitrogens is 2. The Bertz CT molecular complexity index is 867. The summed E-state index contributed by atoms with van der Waals surface area (Å²) in [6, 6.07) is 5.11. The van der Waals surface area contributed by atoms with E-state index < -0.39 is 17.5 Å². The normalized spacial score (nSPS) is 26.0. The minimum Gasteiger partial charge on any atom is -0.481 e. The molecule has 2 fully saturated rings. The fourth-order valence-electron chi connectivity index (χ4n) is 3.87. The van der Waals surface area contributed by atoms with E-state index in [2.05, 4.69) is 9.97 Å². The van der Waals surface area contributed by atoms with Crippen molar-refractivity contribution in [3.63, 3.8) is 0 Å². The monoisotopic (exact) mass is 355 g/mol. The van der Waals surface area contributed by atoms with Crippen molar-refractivity contribution in [3.8, 4) is 0 Å². The molecular weight excluding hydrogens is 334 g/mol. The van der Waals surface area contributed by atoms with Crippen molar-refractivity contribution in [2.24, 2.45) is 11.3 Å². The summed E-state index contributed by atoms with van der Waals surface area (Å²) >= 11 is 0. The molecule has 7 heteroatoms. The maximum absolute atomic E-state index is 13.0. The standard InChI is InChI=1S/C19H21N3O4/c23-16-5-8-22(11-19(16,18(25)26)10-12-1-2-12)17(24)13-3-4-14-15(9-13)21-7-6-20-14/h3-4,6-7,9,12,16,23H,1-2,5,8,10-11H2,(H,25,26)/t16-,19-/m1/s1. The average molecular weight is 355 g/mol. The highest BCUT2D eigenvalue weighted by Gasteiger charge is 2.52. The molecule has 1 aliphatic carbocycles. The maximum atomic E-state index is 13.0. The molecule has 2 aromatic rings. The lowest BCUT2D eigenvalue weighted by Crippen LogP contribution is -2.57. The number of amides is 1. The number of carbonyl (C=O) groups excluding carboxylic acids is 1. The Kier molecular flexibility index (Phi) is 4.11. The molecule has 1 saturated heterocycles. The zero-order chi connectivity index (χ0) is 18.3. The number of aliphatic hydroxyl groups is 1. The number of carboxylic acid groups (broad SMARTS) is 1. The van der Waals surface area contributed by atoms with Crippen molar-refractivity contribution in [1.29, 1.82) is 0 Å². The number of fused-ring (bicyclic) bond motifs is 1.